The SMILES string of the molecule is COc1ccccc1N1CCN(CCC[S+]([O-])c2ccc(F)cc2)CC1.Cl.Cl. The van der Waals surface area contributed by atoms with E-state index in [1.807, 2.05) is 18.2 Å². The number of benzene rings is 2. The Kier molecular flexibility index (Phi) is 11.0. The maximum atomic E-state index is 12.9. The van der Waals surface area contributed by atoms with Gasteiger partial charge in [-0.3, -0.25) is 4.90 Å². The molecule has 28 heavy (non-hydrogen) atoms. The standard InChI is InChI=1S/C20H25FN2O2S.2ClH/c1-25-20-6-3-2-5-19(20)23-14-12-22(13-15-23)11-4-16-26(24)18-9-7-17(21)8-10-18;;/h2-3,5-10H,4,11-16H2,1H3;2*1H. The van der Waals surface area contributed by atoms with Crippen molar-refractivity contribution < 1.29 is 13.7 Å². The average Bonchev–Trinajstić information content (AvgIpc) is 2.69. The molecule has 0 bridgehead atoms. The van der Waals surface area contributed by atoms with Crippen molar-refractivity contribution in [2.75, 3.05) is 50.5 Å². The molecule has 0 spiro atoms. The van der Waals surface area contributed by atoms with Gasteiger partial charge in [0, 0.05) is 39.1 Å². The summed E-state index contributed by atoms with van der Waals surface area (Å²) >= 11 is -1.06. The summed E-state index contributed by atoms with van der Waals surface area (Å²) in [6.07, 6.45) is 0.874. The summed E-state index contributed by atoms with van der Waals surface area (Å²) in [4.78, 5) is 5.46. The molecule has 0 radical (unpaired) electrons. The third-order valence-corrected chi connectivity index (χ3v) is 6.14. The van der Waals surface area contributed by atoms with Gasteiger partial charge < -0.3 is 14.2 Å². The Hall–Kier alpha value is -1.18. The molecular weight excluding hydrogens is 422 g/mol. The Morgan fingerprint density at radius 3 is 2.29 bits per heavy atom. The molecule has 0 N–H and O–H groups in total. The van der Waals surface area contributed by atoms with E-state index in [2.05, 4.69) is 15.9 Å². The predicted octanol–water partition coefficient (Wildman–Crippen LogP) is 4.00. The second kappa shape index (κ2) is 12.4. The molecule has 1 heterocycles. The van der Waals surface area contributed by atoms with Crippen LogP contribution in [0.25, 0.3) is 0 Å². The van der Waals surface area contributed by atoms with Crippen LogP contribution in [0.4, 0.5) is 10.1 Å². The summed E-state index contributed by atoms with van der Waals surface area (Å²) in [5.41, 5.74) is 1.15. The molecule has 0 aliphatic carbocycles. The van der Waals surface area contributed by atoms with Gasteiger partial charge in [-0.2, -0.15) is 0 Å². The fraction of sp³-hybridized carbons (Fsp3) is 0.400. The maximum Gasteiger partial charge on any atom is 0.152 e. The fourth-order valence-electron chi connectivity index (χ4n) is 3.23. The van der Waals surface area contributed by atoms with Gasteiger partial charge >= 0.3 is 0 Å². The smallest absolute Gasteiger partial charge is 0.152 e. The number of hydrogen-bond donors (Lipinski definition) is 0. The number of para-hydroxylation sites is 2. The Balaban J connectivity index is 0.00000196. The van der Waals surface area contributed by atoms with Crippen LogP contribution < -0.4 is 9.64 Å². The number of ether oxygens (including phenoxy) is 1. The van der Waals surface area contributed by atoms with Crippen molar-refractivity contribution in [2.24, 2.45) is 0 Å². The second-order valence-electron chi connectivity index (χ2n) is 6.36. The summed E-state index contributed by atoms with van der Waals surface area (Å²) in [6, 6.07) is 14.1. The molecule has 4 nitrogen and oxygen atoms in total. The van der Waals surface area contributed by atoms with Crippen LogP contribution in [0.3, 0.4) is 0 Å². The van der Waals surface area contributed by atoms with Crippen molar-refractivity contribution in [1.82, 2.24) is 4.90 Å². The summed E-state index contributed by atoms with van der Waals surface area (Å²) in [5.74, 6) is 1.23. The molecule has 8 heteroatoms. The van der Waals surface area contributed by atoms with Gasteiger partial charge in [-0.25, -0.2) is 4.39 Å². The van der Waals surface area contributed by atoms with Crippen LogP contribution in [-0.2, 0) is 11.2 Å². The molecule has 1 aliphatic heterocycles. The summed E-state index contributed by atoms with van der Waals surface area (Å²) in [7, 11) is 1.70. The topological polar surface area (TPSA) is 38.8 Å². The van der Waals surface area contributed by atoms with E-state index in [-0.39, 0.29) is 30.6 Å². The molecule has 0 amide bonds. The zero-order chi connectivity index (χ0) is 18.4. The van der Waals surface area contributed by atoms with E-state index in [1.54, 1.807) is 19.2 Å². The zero-order valence-electron chi connectivity index (χ0n) is 15.9. The summed E-state index contributed by atoms with van der Waals surface area (Å²) in [5, 5.41) is 0. The molecule has 2 aromatic rings. The van der Waals surface area contributed by atoms with Crippen LogP contribution in [0.15, 0.2) is 53.4 Å². The predicted molar refractivity (Wildman–Crippen MR) is 118 cm³/mol. The molecule has 1 fully saturated rings. The molecule has 1 saturated heterocycles. The minimum absolute atomic E-state index is 0. The number of rotatable bonds is 7. The number of anilines is 1. The van der Waals surface area contributed by atoms with Crippen molar-refractivity contribution in [1.29, 1.82) is 0 Å². The lowest BCUT2D eigenvalue weighted by atomic mass is 10.2. The van der Waals surface area contributed by atoms with E-state index >= 15 is 0 Å². The van der Waals surface area contributed by atoms with Gasteiger partial charge in [-0.05, 0) is 47.6 Å². The quantitative estimate of drug-likeness (QED) is 0.600. The molecule has 0 aromatic heterocycles. The van der Waals surface area contributed by atoms with Gasteiger partial charge in [0.1, 0.15) is 17.3 Å². The van der Waals surface area contributed by atoms with Gasteiger partial charge in [0.15, 0.2) is 4.90 Å². The molecule has 1 unspecified atom stereocenters. The van der Waals surface area contributed by atoms with Crippen LogP contribution in [0.5, 0.6) is 5.75 Å². The van der Waals surface area contributed by atoms with E-state index in [9.17, 15) is 8.94 Å². The highest BCUT2D eigenvalue weighted by Gasteiger charge is 2.20. The first-order chi connectivity index (χ1) is 12.7. The third kappa shape index (κ3) is 6.71. The minimum atomic E-state index is -1.06. The lowest BCUT2D eigenvalue weighted by Gasteiger charge is -2.36. The van der Waals surface area contributed by atoms with Crippen molar-refractivity contribution in [3.63, 3.8) is 0 Å². The Morgan fingerprint density at radius 1 is 1.00 bits per heavy atom. The van der Waals surface area contributed by atoms with Crippen molar-refractivity contribution in [2.45, 2.75) is 11.3 Å². The molecule has 1 aliphatic rings. The second-order valence-corrected chi connectivity index (χ2v) is 7.93. The van der Waals surface area contributed by atoms with Crippen LogP contribution in [-0.4, -0.2) is 55.0 Å². The molecule has 0 saturated carbocycles. The number of nitrogens with zero attached hydrogens (tertiary/aromatic N) is 2. The van der Waals surface area contributed by atoms with E-state index in [0.29, 0.717) is 10.6 Å². The van der Waals surface area contributed by atoms with Crippen LogP contribution in [0, 0.1) is 5.82 Å². The van der Waals surface area contributed by atoms with E-state index < -0.39 is 11.2 Å². The fourth-order valence-corrected chi connectivity index (χ4v) is 4.29. The number of methoxy groups -OCH3 is 1. The lowest BCUT2D eigenvalue weighted by Crippen LogP contribution is -2.46. The van der Waals surface area contributed by atoms with Crippen LogP contribution in [0.1, 0.15) is 6.42 Å². The van der Waals surface area contributed by atoms with Gasteiger partial charge in [0.2, 0.25) is 0 Å². The Bertz CT molecular complexity index is 701. The van der Waals surface area contributed by atoms with Crippen molar-refractivity contribution in [3.05, 3.63) is 54.3 Å². The van der Waals surface area contributed by atoms with Gasteiger partial charge in [-0.1, -0.05) is 12.1 Å². The normalized spacial score (nSPS) is 15.3. The first-order valence-electron chi connectivity index (χ1n) is 8.91. The molecule has 2 aromatic carbocycles. The Morgan fingerprint density at radius 2 is 1.64 bits per heavy atom. The van der Waals surface area contributed by atoms with Gasteiger partial charge in [0.05, 0.1) is 12.8 Å². The first kappa shape index (κ1) is 24.9. The molecule has 156 valence electrons. The van der Waals surface area contributed by atoms with Crippen LogP contribution >= 0.6 is 24.8 Å². The first-order valence-corrected chi connectivity index (χ1v) is 10.2. The lowest BCUT2D eigenvalue weighted by molar-refractivity contribution is 0.258. The van der Waals surface area contributed by atoms with E-state index in [0.717, 1.165) is 50.6 Å². The Labute approximate surface area is 182 Å². The highest BCUT2D eigenvalue weighted by molar-refractivity contribution is 7.91. The highest BCUT2D eigenvalue weighted by atomic mass is 35.5. The largest absolute Gasteiger partial charge is 0.611 e. The number of hydrogen-bond acceptors (Lipinski definition) is 4. The maximum absolute atomic E-state index is 12.9. The van der Waals surface area contributed by atoms with Crippen molar-refractivity contribution >= 4 is 41.7 Å². The van der Waals surface area contributed by atoms with E-state index in [1.165, 1.54) is 12.1 Å². The van der Waals surface area contributed by atoms with Crippen molar-refractivity contribution in [3.8, 4) is 5.75 Å². The average molecular weight is 449 g/mol. The van der Waals surface area contributed by atoms with E-state index in [4.69, 9.17) is 4.74 Å². The zero-order valence-corrected chi connectivity index (χ0v) is 18.3. The van der Waals surface area contributed by atoms with Crippen LogP contribution in [0.2, 0.25) is 0 Å². The third-order valence-electron chi connectivity index (χ3n) is 4.68. The minimum Gasteiger partial charge on any atom is -0.611 e. The summed E-state index contributed by atoms with van der Waals surface area (Å²) in [6.45, 7) is 4.83. The molecule has 3 rings (SSSR count). The number of halogens is 3. The number of piperazine rings is 1. The summed E-state index contributed by atoms with van der Waals surface area (Å²) < 4.78 is 30.6. The monoisotopic (exact) mass is 448 g/mol. The molecule has 1 atom stereocenters. The van der Waals surface area contributed by atoms with Gasteiger partial charge in [-0.15, -0.1) is 24.8 Å². The highest BCUT2D eigenvalue weighted by Crippen LogP contribution is 2.28. The molecular formula is C20H27Cl2FN2O2S. The van der Waals surface area contributed by atoms with Gasteiger partial charge in [0.25, 0.3) is 0 Å².